The van der Waals surface area contributed by atoms with Gasteiger partial charge in [0.1, 0.15) is 23.2 Å². The molecule has 1 fully saturated rings. The molecule has 1 aliphatic rings. The number of carbonyl (C=O) groups excluding carboxylic acids is 1. The minimum absolute atomic E-state index is 0.00637. The van der Waals surface area contributed by atoms with E-state index < -0.39 is 15.8 Å². The molecule has 1 saturated heterocycles. The molecule has 0 aliphatic carbocycles. The first-order valence-corrected chi connectivity index (χ1v) is 10.2. The van der Waals surface area contributed by atoms with Gasteiger partial charge in [-0.3, -0.25) is 0 Å². The second-order valence-electron chi connectivity index (χ2n) is 6.16. The zero-order chi connectivity index (χ0) is 18.9. The molecule has 0 amide bonds. The third kappa shape index (κ3) is 4.16. The fourth-order valence-electron chi connectivity index (χ4n) is 2.76. The topological polar surface area (TPSA) is 104 Å². The lowest BCUT2D eigenvalue weighted by molar-refractivity contribution is -0.139. The highest BCUT2D eigenvalue weighted by atomic mass is 35.5. The fourth-order valence-corrected chi connectivity index (χ4v) is 4.83. The van der Waals surface area contributed by atoms with Crippen LogP contribution in [0.3, 0.4) is 0 Å². The Kier molecular flexibility index (Phi) is 5.19. The van der Waals surface area contributed by atoms with Gasteiger partial charge in [0.15, 0.2) is 9.84 Å². The molecule has 10 heteroatoms. The van der Waals surface area contributed by atoms with Gasteiger partial charge >= 0.3 is 5.97 Å². The van der Waals surface area contributed by atoms with E-state index in [4.69, 9.17) is 20.9 Å². The summed E-state index contributed by atoms with van der Waals surface area (Å²) in [6, 6.07) is 1.40. The zero-order valence-corrected chi connectivity index (χ0v) is 15.9. The number of aryl methyl sites for hydroxylation is 2. The molecule has 3 heterocycles. The number of aromatic nitrogens is 3. The van der Waals surface area contributed by atoms with Crippen molar-refractivity contribution in [2.75, 3.05) is 11.5 Å². The van der Waals surface area contributed by atoms with Crippen LogP contribution in [0.2, 0.25) is 5.15 Å². The van der Waals surface area contributed by atoms with Crippen molar-refractivity contribution >= 4 is 33.5 Å². The molecule has 1 aliphatic heterocycles. The third-order valence-electron chi connectivity index (χ3n) is 4.05. The Morgan fingerprint density at radius 1 is 1.50 bits per heavy atom. The van der Waals surface area contributed by atoms with Crippen molar-refractivity contribution in [3.05, 3.63) is 40.0 Å². The van der Waals surface area contributed by atoms with Crippen molar-refractivity contribution in [1.82, 2.24) is 14.9 Å². The molecule has 3 rings (SSSR count). The van der Waals surface area contributed by atoms with Gasteiger partial charge in [0.2, 0.25) is 0 Å². The monoisotopic (exact) mass is 399 g/mol. The van der Waals surface area contributed by atoms with Crippen molar-refractivity contribution < 1.29 is 22.5 Å². The lowest BCUT2D eigenvalue weighted by Gasteiger charge is -2.09. The maximum atomic E-state index is 11.9. The Balaban J connectivity index is 1.67. The van der Waals surface area contributed by atoms with Crippen molar-refractivity contribution in [2.24, 2.45) is 0 Å². The molecule has 8 nitrogen and oxygen atoms in total. The van der Waals surface area contributed by atoms with Gasteiger partial charge in [-0.1, -0.05) is 16.8 Å². The lowest BCUT2D eigenvalue weighted by Crippen LogP contribution is -2.12. The minimum Gasteiger partial charge on any atom is -0.456 e. The number of rotatable bonds is 5. The van der Waals surface area contributed by atoms with Gasteiger partial charge in [-0.15, -0.1) is 0 Å². The Hall–Kier alpha value is -2.13. The molecule has 0 radical (unpaired) electrons. The van der Waals surface area contributed by atoms with E-state index in [2.05, 4.69) is 10.3 Å². The molecule has 2 aromatic rings. The van der Waals surface area contributed by atoms with E-state index in [1.54, 1.807) is 19.9 Å². The van der Waals surface area contributed by atoms with Crippen LogP contribution in [0.4, 0.5) is 0 Å². The van der Waals surface area contributed by atoms with Crippen LogP contribution in [0.15, 0.2) is 16.7 Å². The molecular weight excluding hydrogens is 382 g/mol. The smallest absolute Gasteiger partial charge is 0.331 e. The highest BCUT2D eigenvalue weighted by molar-refractivity contribution is 7.91. The number of hydrogen-bond acceptors (Lipinski definition) is 7. The summed E-state index contributed by atoms with van der Waals surface area (Å²) in [6.07, 6.45) is 3.24. The van der Waals surface area contributed by atoms with Crippen molar-refractivity contribution in [3.8, 4) is 0 Å². The standard InChI is InChI=1S/C16H18ClN3O5S/c1-10-7-12(19-25-10)8-24-15(21)4-3-14-11(2)18-20(16(14)17)13-5-6-26(22,23)9-13/h3-4,7,13H,5-6,8-9H2,1-2H3/b4-3+/t13-/m0/s1. The van der Waals surface area contributed by atoms with Crippen LogP contribution in [0, 0.1) is 13.8 Å². The van der Waals surface area contributed by atoms with Gasteiger partial charge in [-0.05, 0) is 26.3 Å². The van der Waals surface area contributed by atoms with Gasteiger partial charge in [-0.25, -0.2) is 17.9 Å². The van der Waals surface area contributed by atoms with Crippen LogP contribution < -0.4 is 0 Å². The summed E-state index contributed by atoms with van der Waals surface area (Å²) in [6.45, 7) is 3.50. The van der Waals surface area contributed by atoms with Gasteiger partial charge in [0.05, 0.1) is 23.2 Å². The summed E-state index contributed by atoms with van der Waals surface area (Å²) in [5, 5.41) is 8.37. The predicted octanol–water partition coefficient (Wildman–Crippen LogP) is 2.26. The fraction of sp³-hybridized carbons (Fsp3) is 0.438. The molecule has 0 spiro atoms. The number of halogens is 1. The van der Waals surface area contributed by atoms with Gasteiger partial charge in [0.25, 0.3) is 0 Å². The highest BCUT2D eigenvalue weighted by Crippen LogP contribution is 2.30. The lowest BCUT2D eigenvalue weighted by atomic mass is 10.2. The first-order valence-electron chi connectivity index (χ1n) is 7.97. The maximum absolute atomic E-state index is 11.9. The van der Waals surface area contributed by atoms with Crippen LogP contribution in [0.5, 0.6) is 0 Å². The average Bonchev–Trinajstić information content (AvgIpc) is 3.22. The second-order valence-corrected chi connectivity index (χ2v) is 8.75. The van der Waals surface area contributed by atoms with E-state index in [0.717, 1.165) is 0 Å². The van der Waals surface area contributed by atoms with Gasteiger partial charge in [-0.2, -0.15) is 5.10 Å². The molecule has 0 N–H and O–H groups in total. The summed E-state index contributed by atoms with van der Waals surface area (Å²) < 4.78 is 34.8. The molecule has 2 aromatic heterocycles. The Morgan fingerprint density at radius 2 is 2.27 bits per heavy atom. The Bertz CT molecular complexity index is 961. The first-order chi connectivity index (χ1) is 12.2. The summed E-state index contributed by atoms with van der Waals surface area (Å²) in [7, 11) is -3.05. The minimum atomic E-state index is -3.05. The molecule has 0 unspecified atom stereocenters. The number of esters is 1. The quantitative estimate of drug-likeness (QED) is 0.560. The average molecular weight is 400 g/mol. The van der Waals surface area contributed by atoms with E-state index in [9.17, 15) is 13.2 Å². The molecule has 1 atom stereocenters. The van der Waals surface area contributed by atoms with Gasteiger partial charge in [0, 0.05) is 17.7 Å². The number of nitrogens with zero attached hydrogens (tertiary/aromatic N) is 3. The van der Waals surface area contributed by atoms with E-state index in [0.29, 0.717) is 34.3 Å². The predicted molar refractivity (Wildman–Crippen MR) is 94.4 cm³/mol. The van der Waals surface area contributed by atoms with E-state index >= 15 is 0 Å². The van der Waals surface area contributed by atoms with Crippen molar-refractivity contribution in [1.29, 1.82) is 0 Å². The van der Waals surface area contributed by atoms with E-state index in [1.807, 2.05) is 0 Å². The first kappa shape index (κ1) is 18.7. The summed E-state index contributed by atoms with van der Waals surface area (Å²) >= 11 is 6.34. The van der Waals surface area contributed by atoms with Crippen LogP contribution in [0.25, 0.3) is 6.08 Å². The highest BCUT2D eigenvalue weighted by Gasteiger charge is 2.31. The van der Waals surface area contributed by atoms with Crippen molar-refractivity contribution in [3.63, 3.8) is 0 Å². The molecule has 0 saturated carbocycles. The maximum Gasteiger partial charge on any atom is 0.331 e. The van der Waals surface area contributed by atoms with Crippen molar-refractivity contribution in [2.45, 2.75) is 32.9 Å². The number of carbonyl (C=O) groups is 1. The van der Waals surface area contributed by atoms with Crippen LogP contribution in [0.1, 0.15) is 35.2 Å². The summed E-state index contributed by atoms with van der Waals surface area (Å²) in [4.78, 5) is 11.9. The Labute approximate surface area is 155 Å². The third-order valence-corrected chi connectivity index (χ3v) is 6.18. The number of ether oxygens (including phenoxy) is 1. The zero-order valence-electron chi connectivity index (χ0n) is 14.3. The Morgan fingerprint density at radius 3 is 2.88 bits per heavy atom. The van der Waals surface area contributed by atoms with Gasteiger partial charge < -0.3 is 9.26 Å². The SMILES string of the molecule is Cc1cc(COC(=O)/C=C/c2c(C)nn([C@H]3CCS(=O)(=O)C3)c2Cl)no1. The van der Waals surface area contributed by atoms with Crippen LogP contribution in [-0.4, -0.2) is 40.8 Å². The summed E-state index contributed by atoms with van der Waals surface area (Å²) in [5.74, 6) is 0.231. The number of hydrogen-bond donors (Lipinski definition) is 0. The molecule has 0 bridgehead atoms. The summed E-state index contributed by atoms with van der Waals surface area (Å²) in [5.41, 5.74) is 1.69. The normalized spacial score (nSPS) is 19.3. The van der Waals surface area contributed by atoms with Crippen LogP contribution >= 0.6 is 11.6 Å². The number of sulfone groups is 1. The van der Waals surface area contributed by atoms with E-state index in [-0.39, 0.29) is 24.2 Å². The molecule has 140 valence electrons. The molecule has 26 heavy (non-hydrogen) atoms. The van der Waals surface area contributed by atoms with E-state index in [1.165, 1.54) is 16.8 Å². The van der Waals surface area contributed by atoms with Crippen LogP contribution in [-0.2, 0) is 26.0 Å². The molecular formula is C16H18ClN3O5S. The largest absolute Gasteiger partial charge is 0.456 e. The molecule has 0 aromatic carbocycles. The second kappa shape index (κ2) is 7.24.